The van der Waals surface area contributed by atoms with Crippen molar-refractivity contribution in [3.63, 3.8) is 0 Å². The minimum atomic E-state index is -3.56. The van der Waals surface area contributed by atoms with E-state index in [2.05, 4.69) is 20.8 Å². The number of esters is 10. The van der Waals surface area contributed by atoms with Gasteiger partial charge in [0.25, 0.3) is 10.1 Å². The van der Waals surface area contributed by atoms with Gasteiger partial charge in [-0.3, -0.25) is 37.7 Å². The maximum atomic E-state index is 12.8. The molecule has 11 unspecified atom stereocenters. The van der Waals surface area contributed by atoms with Gasteiger partial charge >= 0.3 is 59.7 Å². The molecule has 2 heterocycles. The Morgan fingerprint density at radius 1 is 0.500 bits per heavy atom. The van der Waals surface area contributed by atoms with E-state index in [1.54, 1.807) is 34.6 Å². The number of carbonyl (C=O) groups excluding carboxylic acids is 10. The highest BCUT2D eigenvalue weighted by Crippen LogP contribution is 2.63. The lowest BCUT2D eigenvalue weighted by molar-refractivity contribution is -0.231. The third kappa shape index (κ3) is 16.6. The summed E-state index contributed by atoms with van der Waals surface area (Å²) in [7, 11) is -3.56. The Hall–Kier alpha value is -5.39. The maximum Gasteiger partial charge on any atom is 0.344 e. The molecule has 0 spiro atoms. The summed E-state index contributed by atoms with van der Waals surface area (Å²) < 4.78 is 82.2. The first-order valence-electron chi connectivity index (χ1n) is 36.8. The second-order valence-electron chi connectivity index (χ2n) is 33.2. The van der Waals surface area contributed by atoms with E-state index in [1.165, 1.54) is 38.5 Å². The molecule has 12 bridgehead atoms. The van der Waals surface area contributed by atoms with Gasteiger partial charge in [-0.2, -0.15) is 8.42 Å². The molecule has 0 radical (unpaired) electrons. The molecule has 24 heteroatoms. The van der Waals surface area contributed by atoms with Gasteiger partial charge < -0.3 is 47.4 Å². The summed E-state index contributed by atoms with van der Waals surface area (Å²) in [4.78, 5) is 119. The Balaban J connectivity index is 0.000000154. The van der Waals surface area contributed by atoms with E-state index in [1.807, 2.05) is 41.5 Å². The molecular formula is C74H112O23S. The smallest absolute Gasteiger partial charge is 0.344 e. The molecular weight excluding hydrogens is 1290 g/mol. The van der Waals surface area contributed by atoms with Crippen molar-refractivity contribution in [2.75, 3.05) is 33.0 Å². The Kier molecular flexibility index (Phi) is 24.0. The predicted octanol–water partition coefficient (Wildman–Crippen LogP) is 10.5. The quantitative estimate of drug-likeness (QED) is 0.0355. The molecule has 0 aromatic rings. The van der Waals surface area contributed by atoms with Crippen LogP contribution in [0.3, 0.4) is 0 Å². The number of rotatable bonds is 25. The fourth-order valence-electron chi connectivity index (χ4n) is 18.6. The van der Waals surface area contributed by atoms with Crippen molar-refractivity contribution in [2.24, 2.45) is 105 Å². The Morgan fingerprint density at radius 3 is 1.52 bits per heavy atom. The molecule has 2 aliphatic heterocycles. The molecule has 14 rings (SSSR count). The fraction of sp³-hybridized carbons (Fsp3) is 0.865. The van der Waals surface area contributed by atoms with Crippen molar-refractivity contribution in [1.29, 1.82) is 0 Å². The molecule has 0 aromatic heterocycles. The van der Waals surface area contributed by atoms with Crippen LogP contribution in [0.2, 0.25) is 0 Å². The maximum absolute atomic E-state index is 12.8. The molecule has 98 heavy (non-hydrogen) atoms. The SMILES string of the molecule is CCC(C)(C)C(=O)OC1(C(C)C)C2CC3CC(C2)CC1C3.CCC(C)(C)C(=O)OCC(=O)OC1C2CC3C(=O)OC1C3C2.CCC(C)(C)C(=O)OCCOC(=O)CCC(=O)OC1C2CC3C1OS(=O)(=O)C3C2.CCC(C)C(=O)OCC(=O)OCC(=O)OC1(C)C2CC3CC(C2)CC1C3. The molecule has 14 fully saturated rings. The molecule has 2 saturated heterocycles. The van der Waals surface area contributed by atoms with E-state index in [-0.39, 0.29) is 109 Å². The number of hydrogen-bond donors (Lipinski definition) is 0. The van der Waals surface area contributed by atoms with Crippen molar-refractivity contribution in [2.45, 2.75) is 266 Å². The van der Waals surface area contributed by atoms with Gasteiger partial charge in [0.1, 0.15) is 48.8 Å². The third-order valence-electron chi connectivity index (χ3n) is 25.5. The minimum Gasteiger partial charge on any atom is -0.462 e. The fourth-order valence-corrected chi connectivity index (χ4v) is 20.5. The molecule has 552 valence electrons. The van der Waals surface area contributed by atoms with E-state index in [9.17, 15) is 56.4 Å². The van der Waals surface area contributed by atoms with Crippen LogP contribution in [0.15, 0.2) is 0 Å². The average Bonchev–Trinajstić information content (AvgIpc) is 1.09. The number of ether oxygens (including phenoxy) is 10. The lowest BCUT2D eigenvalue weighted by Gasteiger charge is -2.62. The zero-order valence-electron chi connectivity index (χ0n) is 60.5. The van der Waals surface area contributed by atoms with Crippen molar-refractivity contribution in [1.82, 2.24) is 0 Å². The number of hydrogen-bond acceptors (Lipinski definition) is 23. The summed E-state index contributed by atoms with van der Waals surface area (Å²) in [6.07, 6.45) is 15.9. The lowest BCUT2D eigenvalue weighted by atomic mass is 9.47. The summed E-state index contributed by atoms with van der Waals surface area (Å²) >= 11 is 0. The molecule has 11 atom stereocenters. The van der Waals surface area contributed by atoms with Crippen LogP contribution in [-0.2, 0) is 110 Å². The van der Waals surface area contributed by atoms with Gasteiger partial charge in [-0.15, -0.1) is 0 Å². The van der Waals surface area contributed by atoms with Gasteiger partial charge in [-0.05, 0) is 217 Å². The molecule has 0 amide bonds. The molecule has 12 aliphatic carbocycles. The highest BCUT2D eigenvalue weighted by molar-refractivity contribution is 7.87. The summed E-state index contributed by atoms with van der Waals surface area (Å²) in [5.41, 5.74) is -2.15. The topological polar surface area (TPSA) is 306 Å². The third-order valence-corrected chi connectivity index (χ3v) is 27.3. The predicted molar refractivity (Wildman–Crippen MR) is 351 cm³/mol. The van der Waals surface area contributed by atoms with Crippen molar-refractivity contribution < 1.29 is 108 Å². The summed E-state index contributed by atoms with van der Waals surface area (Å²) in [5, 5.41) is -0.473. The first-order chi connectivity index (χ1) is 46.0. The van der Waals surface area contributed by atoms with Crippen molar-refractivity contribution in [3.05, 3.63) is 0 Å². The largest absolute Gasteiger partial charge is 0.462 e. The second kappa shape index (κ2) is 30.7. The van der Waals surface area contributed by atoms with Crippen LogP contribution in [0.4, 0.5) is 0 Å². The minimum absolute atomic E-state index is 0.00636. The zero-order valence-corrected chi connectivity index (χ0v) is 61.3. The Morgan fingerprint density at radius 2 is 0.969 bits per heavy atom. The van der Waals surface area contributed by atoms with E-state index >= 15 is 0 Å². The van der Waals surface area contributed by atoms with Crippen LogP contribution in [0.5, 0.6) is 0 Å². The summed E-state index contributed by atoms with van der Waals surface area (Å²) in [5.74, 6) is 1.62. The molecule has 12 saturated carbocycles. The Labute approximate surface area is 579 Å². The zero-order chi connectivity index (χ0) is 71.8. The van der Waals surface area contributed by atoms with Crippen LogP contribution < -0.4 is 0 Å². The highest BCUT2D eigenvalue weighted by Gasteiger charge is 2.67. The van der Waals surface area contributed by atoms with Crippen LogP contribution in [0.25, 0.3) is 0 Å². The van der Waals surface area contributed by atoms with Crippen molar-refractivity contribution in [3.8, 4) is 0 Å². The normalized spacial score (nSPS) is 35.6. The molecule has 23 nitrogen and oxygen atoms in total. The standard InChI is InChI=1S/C20H30O6.C19H28O9S.C19H32O2.C16H22O6/c1-4-12(2)19(23)25-10-17(21)24-11-18(22)26-20(3)15-6-13-5-14(8-15)9-16(20)7-13;1-4-19(2,3)18(22)26-8-7-25-14(20)5-6-15(21)27-16-11-9-12-13(10-11)29(23,24)28-17(12)16;1-6-18(4,5)17(20)21-19(12(2)3)15-8-13-7-14(10-15)11-16(19)9-13;1-4-16(2,3)15(19)20-7-11(17)21-12-8-5-9-10(6-8)14(18)22-13(9)12/h12-16H,4-11H2,1-3H3;11-13,16-17H,4-10H2,1-3H3;12-16H,6-11H2,1-5H3;8-10,12-13H,4-7H2,1-3H3. The van der Waals surface area contributed by atoms with Gasteiger partial charge in [0.05, 0.1) is 46.2 Å². The van der Waals surface area contributed by atoms with Crippen LogP contribution >= 0.6 is 0 Å². The van der Waals surface area contributed by atoms with Gasteiger partial charge in [0.2, 0.25) is 0 Å². The van der Waals surface area contributed by atoms with Crippen LogP contribution in [0.1, 0.15) is 225 Å². The van der Waals surface area contributed by atoms with E-state index in [4.69, 9.17) is 51.6 Å². The van der Waals surface area contributed by atoms with E-state index in [0.29, 0.717) is 61.7 Å². The Bertz CT molecular complexity index is 3020. The van der Waals surface area contributed by atoms with Gasteiger partial charge in [-0.1, -0.05) is 48.5 Å². The second-order valence-corrected chi connectivity index (χ2v) is 35.0. The van der Waals surface area contributed by atoms with Gasteiger partial charge in [-0.25, -0.2) is 14.4 Å². The number of carbonyl (C=O) groups is 10. The average molecular weight is 1400 g/mol. The molecule has 0 N–H and O–H groups in total. The van der Waals surface area contributed by atoms with Gasteiger partial charge in [0.15, 0.2) is 19.8 Å². The molecule has 14 aliphatic rings. The number of fused-ring (bicyclic) bond motifs is 2. The first-order valence-corrected chi connectivity index (χ1v) is 38.2. The van der Waals surface area contributed by atoms with E-state index < -0.39 is 99.0 Å². The van der Waals surface area contributed by atoms with Crippen LogP contribution in [-0.4, -0.2) is 142 Å². The highest BCUT2D eigenvalue weighted by atomic mass is 32.2. The summed E-state index contributed by atoms with van der Waals surface area (Å²) in [6.45, 7) is 25.8. The van der Waals surface area contributed by atoms with E-state index in [0.717, 1.165) is 68.6 Å². The van der Waals surface area contributed by atoms with Crippen LogP contribution in [0, 0.1) is 105 Å². The molecule has 0 aromatic carbocycles. The summed E-state index contributed by atoms with van der Waals surface area (Å²) in [6, 6.07) is 0. The van der Waals surface area contributed by atoms with Gasteiger partial charge in [0, 0.05) is 23.7 Å². The first kappa shape index (κ1) is 76.8. The van der Waals surface area contributed by atoms with Crippen molar-refractivity contribution >= 4 is 69.8 Å². The lowest BCUT2D eigenvalue weighted by Crippen LogP contribution is -2.63. The monoisotopic (exact) mass is 1400 g/mol.